The summed E-state index contributed by atoms with van der Waals surface area (Å²) in [5, 5.41) is 11.7. The van der Waals surface area contributed by atoms with Crippen LogP contribution in [0.4, 0.5) is 0 Å². The van der Waals surface area contributed by atoms with Gasteiger partial charge in [0.1, 0.15) is 0 Å². The van der Waals surface area contributed by atoms with E-state index in [1.807, 2.05) is 18.2 Å². The minimum Gasteiger partial charge on any atom is -0.549 e. The minimum absolute atomic E-state index is 0. The van der Waals surface area contributed by atoms with Gasteiger partial charge in [-0.15, -0.1) is 0 Å². The summed E-state index contributed by atoms with van der Waals surface area (Å²) in [6.45, 7) is 2.25. The van der Waals surface area contributed by atoms with Crippen molar-refractivity contribution in [1.82, 2.24) is 0 Å². The smallest absolute Gasteiger partial charge is 0.549 e. The van der Waals surface area contributed by atoms with Crippen molar-refractivity contribution >= 4 is 11.8 Å². The standard InChI is InChI=1S/C29H40O3.Na/c1-2-3-4-5-6-7-8-9-10-11-12-16-19-27(29(31)32)24-20-22-26(23-21-24)28(30)25-17-14-13-15-18-25;/h13-15,17-18,20-23,27H,2-12,16,19H2,1H3,(H,31,32);/q;+1/p-1. The number of ketones is 1. The molecule has 0 bridgehead atoms. The number of aliphatic carboxylic acids is 1. The molecule has 2 aromatic rings. The number of carboxylic acids is 1. The molecule has 0 spiro atoms. The molecule has 33 heavy (non-hydrogen) atoms. The molecular formula is C29H39NaO3. The minimum atomic E-state index is -1.03. The molecule has 2 aromatic carbocycles. The average molecular weight is 459 g/mol. The van der Waals surface area contributed by atoms with Crippen molar-refractivity contribution in [1.29, 1.82) is 0 Å². The van der Waals surface area contributed by atoms with Gasteiger partial charge >= 0.3 is 29.6 Å². The molecule has 0 saturated carbocycles. The number of benzene rings is 2. The van der Waals surface area contributed by atoms with Gasteiger partial charge < -0.3 is 9.90 Å². The second-order valence-electron chi connectivity index (χ2n) is 8.87. The summed E-state index contributed by atoms with van der Waals surface area (Å²) in [6.07, 6.45) is 15.7. The Morgan fingerprint density at radius 2 is 1.12 bits per heavy atom. The van der Waals surface area contributed by atoms with Crippen LogP contribution in [0.3, 0.4) is 0 Å². The van der Waals surface area contributed by atoms with E-state index in [1.165, 1.54) is 64.2 Å². The summed E-state index contributed by atoms with van der Waals surface area (Å²) < 4.78 is 0. The quantitative estimate of drug-likeness (QED) is 0.206. The molecule has 0 aliphatic heterocycles. The molecule has 1 atom stereocenters. The van der Waals surface area contributed by atoms with Crippen LogP contribution in [-0.4, -0.2) is 11.8 Å². The molecule has 0 aliphatic carbocycles. The molecule has 2 rings (SSSR count). The third-order valence-corrected chi connectivity index (χ3v) is 6.24. The van der Waals surface area contributed by atoms with Gasteiger partial charge in [0.25, 0.3) is 0 Å². The zero-order chi connectivity index (χ0) is 23.0. The first-order valence-electron chi connectivity index (χ1n) is 12.5. The summed E-state index contributed by atoms with van der Waals surface area (Å²) in [4.78, 5) is 24.2. The van der Waals surface area contributed by atoms with Crippen LogP contribution in [0.5, 0.6) is 0 Å². The molecule has 4 heteroatoms. The Morgan fingerprint density at radius 3 is 1.61 bits per heavy atom. The Hall–Kier alpha value is -1.42. The normalized spacial score (nSPS) is 11.5. The SMILES string of the molecule is CCCCCCCCCCCCCCC(C(=O)[O-])c1ccc(C(=O)c2ccccc2)cc1.[Na+]. The van der Waals surface area contributed by atoms with Gasteiger partial charge in [0, 0.05) is 23.0 Å². The van der Waals surface area contributed by atoms with Gasteiger partial charge in [0.2, 0.25) is 0 Å². The first-order valence-corrected chi connectivity index (χ1v) is 12.5. The topological polar surface area (TPSA) is 57.2 Å². The third kappa shape index (κ3) is 11.5. The van der Waals surface area contributed by atoms with Crippen molar-refractivity contribution in [2.24, 2.45) is 0 Å². The second kappa shape index (κ2) is 18.0. The van der Waals surface area contributed by atoms with Crippen LogP contribution in [0.15, 0.2) is 54.6 Å². The van der Waals surface area contributed by atoms with Gasteiger partial charge in [0.05, 0.1) is 0 Å². The molecule has 0 aromatic heterocycles. The van der Waals surface area contributed by atoms with E-state index in [1.54, 1.807) is 36.4 Å². The number of hydrogen-bond donors (Lipinski definition) is 0. The van der Waals surface area contributed by atoms with Crippen LogP contribution in [0, 0.1) is 0 Å². The van der Waals surface area contributed by atoms with Crippen molar-refractivity contribution < 1.29 is 44.3 Å². The van der Waals surface area contributed by atoms with Crippen LogP contribution in [0.2, 0.25) is 0 Å². The van der Waals surface area contributed by atoms with Gasteiger partial charge in [-0.25, -0.2) is 0 Å². The number of unbranched alkanes of at least 4 members (excludes halogenated alkanes) is 11. The van der Waals surface area contributed by atoms with E-state index >= 15 is 0 Å². The molecule has 174 valence electrons. The molecule has 0 heterocycles. The van der Waals surface area contributed by atoms with Gasteiger partial charge in [-0.2, -0.15) is 0 Å². The Morgan fingerprint density at radius 1 is 0.667 bits per heavy atom. The van der Waals surface area contributed by atoms with Crippen molar-refractivity contribution in [3.63, 3.8) is 0 Å². The van der Waals surface area contributed by atoms with Crippen molar-refractivity contribution in [2.45, 2.75) is 96.3 Å². The van der Waals surface area contributed by atoms with E-state index in [4.69, 9.17) is 0 Å². The molecule has 3 nitrogen and oxygen atoms in total. The zero-order valence-corrected chi connectivity index (χ0v) is 22.7. The van der Waals surface area contributed by atoms with Crippen LogP contribution in [0.25, 0.3) is 0 Å². The van der Waals surface area contributed by atoms with Crippen molar-refractivity contribution in [3.05, 3.63) is 71.3 Å². The van der Waals surface area contributed by atoms with Crippen molar-refractivity contribution in [3.8, 4) is 0 Å². The summed E-state index contributed by atoms with van der Waals surface area (Å²) in [5.74, 6) is -1.70. The van der Waals surface area contributed by atoms with Crippen LogP contribution in [0.1, 0.15) is 118 Å². The van der Waals surface area contributed by atoms with Crippen LogP contribution >= 0.6 is 0 Å². The summed E-state index contributed by atoms with van der Waals surface area (Å²) >= 11 is 0. The Kier molecular flexibility index (Phi) is 16.1. The van der Waals surface area contributed by atoms with Gasteiger partial charge in [-0.3, -0.25) is 4.79 Å². The maximum Gasteiger partial charge on any atom is 1.00 e. The Balaban J connectivity index is 0.00000544. The summed E-state index contributed by atoms with van der Waals surface area (Å²) in [7, 11) is 0. The first kappa shape index (κ1) is 29.6. The molecular weight excluding hydrogens is 419 g/mol. The molecule has 0 saturated heterocycles. The molecule has 0 fully saturated rings. The fourth-order valence-electron chi connectivity index (χ4n) is 4.23. The first-order chi connectivity index (χ1) is 15.6. The number of hydrogen-bond acceptors (Lipinski definition) is 3. The number of carbonyl (C=O) groups excluding carboxylic acids is 2. The fourth-order valence-corrected chi connectivity index (χ4v) is 4.23. The maximum atomic E-state index is 12.5. The van der Waals surface area contributed by atoms with E-state index in [0.717, 1.165) is 18.4 Å². The van der Waals surface area contributed by atoms with E-state index in [9.17, 15) is 14.7 Å². The molecule has 0 radical (unpaired) electrons. The van der Waals surface area contributed by atoms with E-state index < -0.39 is 11.9 Å². The number of carboxylic acid groups (broad SMARTS) is 1. The Labute approximate surface area is 222 Å². The number of carbonyl (C=O) groups is 2. The van der Waals surface area contributed by atoms with E-state index in [2.05, 4.69) is 6.92 Å². The van der Waals surface area contributed by atoms with Gasteiger partial charge in [0.15, 0.2) is 5.78 Å². The zero-order valence-electron chi connectivity index (χ0n) is 20.7. The molecule has 0 N–H and O–H groups in total. The Bertz CT molecular complexity index is 786. The van der Waals surface area contributed by atoms with E-state index in [0.29, 0.717) is 17.5 Å². The van der Waals surface area contributed by atoms with Gasteiger partial charge in [-0.05, 0) is 12.0 Å². The largest absolute Gasteiger partial charge is 1.00 e. The third-order valence-electron chi connectivity index (χ3n) is 6.24. The van der Waals surface area contributed by atoms with Crippen LogP contribution in [-0.2, 0) is 4.79 Å². The molecule has 0 amide bonds. The maximum absolute atomic E-state index is 12.5. The van der Waals surface area contributed by atoms with Crippen LogP contribution < -0.4 is 34.7 Å². The number of rotatable bonds is 17. The van der Waals surface area contributed by atoms with Crippen molar-refractivity contribution in [2.75, 3.05) is 0 Å². The average Bonchev–Trinajstić information content (AvgIpc) is 2.82. The predicted molar refractivity (Wildman–Crippen MR) is 130 cm³/mol. The molecule has 1 unspecified atom stereocenters. The summed E-state index contributed by atoms with van der Waals surface area (Å²) in [5.41, 5.74) is 1.92. The monoisotopic (exact) mass is 458 g/mol. The second-order valence-corrected chi connectivity index (χ2v) is 8.87. The van der Waals surface area contributed by atoms with E-state index in [-0.39, 0.29) is 35.3 Å². The van der Waals surface area contributed by atoms with Gasteiger partial charge in [-0.1, -0.05) is 139 Å². The molecule has 0 aliphatic rings. The predicted octanol–water partition coefficient (Wildman–Crippen LogP) is 3.85. The fraction of sp³-hybridized carbons (Fsp3) is 0.517. The summed E-state index contributed by atoms with van der Waals surface area (Å²) in [6, 6.07) is 16.1.